The second kappa shape index (κ2) is 7.04. The molecule has 0 radical (unpaired) electrons. The Morgan fingerprint density at radius 2 is 2.10 bits per heavy atom. The van der Waals surface area contributed by atoms with E-state index in [9.17, 15) is 5.11 Å². The highest BCUT2D eigenvalue weighted by molar-refractivity contribution is 5.38. The predicted molar refractivity (Wildman–Crippen MR) is 82.1 cm³/mol. The minimum absolute atomic E-state index is 0.138. The van der Waals surface area contributed by atoms with Gasteiger partial charge in [-0.1, -0.05) is 19.9 Å². The number of aliphatic hydroxyl groups is 1. The number of rotatable bonds is 5. The van der Waals surface area contributed by atoms with Crippen molar-refractivity contribution in [1.29, 1.82) is 0 Å². The van der Waals surface area contributed by atoms with Crippen molar-refractivity contribution in [3.8, 4) is 0 Å². The molecular weight excluding hydrogens is 250 g/mol. The standard InChI is InChI=1S/C16H27N3O/c1-12(2)10-15(20)13-5-8-19(9-6-13)11-14-4-3-7-18-16(14)17/h3-4,7,12-13,15,20H,5-6,8-11H2,1-2H3,(H2,17,18). The van der Waals surface area contributed by atoms with E-state index < -0.39 is 0 Å². The molecule has 1 saturated heterocycles. The molecule has 2 rings (SSSR count). The number of nitrogen functional groups attached to an aromatic ring is 1. The number of nitrogens with two attached hydrogens (primary N) is 1. The highest BCUT2D eigenvalue weighted by Gasteiger charge is 2.25. The van der Waals surface area contributed by atoms with E-state index in [1.165, 1.54) is 0 Å². The molecule has 0 spiro atoms. The predicted octanol–water partition coefficient (Wildman–Crippen LogP) is 2.28. The normalized spacial score (nSPS) is 19.4. The first-order chi connectivity index (χ1) is 9.56. The molecule has 0 saturated carbocycles. The van der Waals surface area contributed by atoms with E-state index in [1.807, 2.05) is 12.1 Å². The fraction of sp³-hybridized carbons (Fsp3) is 0.688. The molecule has 1 aromatic rings. The molecule has 0 aliphatic carbocycles. The summed E-state index contributed by atoms with van der Waals surface area (Å²) in [6.45, 7) is 7.28. The SMILES string of the molecule is CC(C)CC(O)C1CCN(Cc2cccnc2N)CC1. The number of likely N-dealkylation sites (tertiary alicyclic amines) is 1. The van der Waals surface area contributed by atoms with Crippen LogP contribution in [0.15, 0.2) is 18.3 Å². The van der Waals surface area contributed by atoms with E-state index in [0.29, 0.717) is 17.7 Å². The van der Waals surface area contributed by atoms with Crippen LogP contribution >= 0.6 is 0 Å². The molecule has 20 heavy (non-hydrogen) atoms. The summed E-state index contributed by atoms with van der Waals surface area (Å²) in [7, 11) is 0. The Labute approximate surface area is 122 Å². The number of piperidine rings is 1. The summed E-state index contributed by atoms with van der Waals surface area (Å²) in [5.41, 5.74) is 7.00. The van der Waals surface area contributed by atoms with Crippen LogP contribution in [-0.2, 0) is 6.54 Å². The molecule has 3 N–H and O–H groups in total. The molecular formula is C16H27N3O. The van der Waals surface area contributed by atoms with Crippen LogP contribution in [0.25, 0.3) is 0 Å². The molecule has 1 atom stereocenters. The molecule has 1 unspecified atom stereocenters. The lowest BCUT2D eigenvalue weighted by atomic mass is 9.87. The average molecular weight is 277 g/mol. The lowest BCUT2D eigenvalue weighted by molar-refractivity contribution is 0.0437. The first-order valence-corrected chi connectivity index (χ1v) is 7.66. The zero-order valence-corrected chi connectivity index (χ0v) is 12.6. The molecule has 1 fully saturated rings. The van der Waals surface area contributed by atoms with Gasteiger partial charge < -0.3 is 10.8 Å². The van der Waals surface area contributed by atoms with Gasteiger partial charge in [-0.15, -0.1) is 0 Å². The number of hydrogen-bond acceptors (Lipinski definition) is 4. The summed E-state index contributed by atoms with van der Waals surface area (Å²) in [5.74, 6) is 1.66. The van der Waals surface area contributed by atoms with Crippen LogP contribution in [-0.4, -0.2) is 34.2 Å². The molecule has 1 aromatic heterocycles. The zero-order chi connectivity index (χ0) is 14.5. The average Bonchev–Trinajstić information content (AvgIpc) is 2.41. The van der Waals surface area contributed by atoms with Crippen LogP contribution in [0.4, 0.5) is 5.82 Å². The van der Waals surface area contributed by atoms with Gasteiger partial charge in [-0.3, -0.25) is 4.90 Å². The molecule has 2 heterocycles. The van der Waals surface area contributed by atoms with Crippen molar-refractivity contribution in [2.24, 2.45) is 11.8 Å². The molecule has 112 valence electrons. The van der Waals surface area contributed by atoms with Gasteiger partial charge >= 0.3 is 0 Å². The third-order valence-electron chi connectivity index (χ3n) is 4.21. The molecule has 0 amide bonds. The van der Waals surface area contributed by atoms with Gasteiger partial charge in [0.2, 0.25) is 0 Å². The number of anilines is 1. The molecule has 4 heteroatoms. The molecule has 4 nitrogen and oxygen atoms in total. The van der Waals surface area contributed by atoms with Gasteiger partial charge in [0.15, 0.2) is 0 Å². The van der Waals surface area contributed by atoms with Gasteiger partial charge in [0.1, 0.15) is 5.82 Å². The fourth-order valence-corrected chi connectivity index (χ4v) is 3.00. The summed E-state index contributed by atoms with van der Waals surface area (Å²) in [6, 6.07) is 3.98. The van der Waals surface area contributed by atoms with Crippen molar-refractivity contribution in [1.82, 2.24) is 9.88 Å². The third kappa shape index (κ3) is 4.18. The number of aliphatic hydroxyl groups excluding tert-OH is 1. The van der Waals surface area contributed by atoms with Crippen LogP contribution in [0, 0.1) is 11.8 Å². The largest absolute Gasteiger partial charge is 0.393 e. The lowest BCUT2D eigenvalue weighted by Gasteiger charge is -2.34. The van der Waals surface area contributed by atoms with Crippen LogP contribution in [0.2, 0.25) is 0 Å². The van der Waals surface area contributed by atoms with E-state index in [0.717, 1.165) is 44.5 Å². The highest BCUT2D eigenvalue weighted by Crippen LogP contribution is 2.25. The van der Waals surface area contributed by atoms with E-state index >= 15 is 0 Å². The zero-order valence-electron chi connectivity index (χ0n) is 12.6. The number of pyridine rings is 1. The van der Waals surface area contributed by atoms with Crippen molar-refractivity contribution in [2.45, 2.75) is 45.8 Å². The molecule has 0 bridgehead atoms. The molecule has 1 aliphatic heterocycles. The molecule has 1 aliphatic rings. The van der Waals surface area contributed by atoms with Crippen LogP contribution in [0.3, 0.4) is 0 Å². The number of hydrogen-bond donors (Lipinski definition) is 2. The maximum atomic E-state index is 10.2. The van der Waals surface area contributed by atoms with Crippen molar-refractivity contribution in [3.63, 3.8) is 0 Å². The van der Waals surface area contributed by atoms with Gasteiger partial charge in [0.25, 0.3) is 0 Å². The number of aromatic nitrogens is 1. The Morgan fingerprint density at radius 3 is 2.70 bits per heavy atom. The smallest absolute Gasteiger partial charge is 0.127 e. The van der Waals surface area contributed by atoms with E-state index in [-0.39, 0.29) is 6.10 Å². The summed E-state index contributed by atoms with van der Waals surface area (Å²) in [4.78, 5) is 6.54. The van der Waals surface area contributed by atoms with Crippen LogP contribution in [0.5, 0.6) is 0 Å². The Morgan fingerprint density at radius 1 is 1.40 bits per heavy atom. The van der Waals surface area contributed by atoms with E-state index in [1.54, 1.807) is 6.20 Å². The van der Waals surface area contributed by atoms with Gasteiger partial charge in [-0.05, 0) is 50.3 Å². The van der Waals surface area contributed by atoms with Crippen LogP contribution < -0.4 is 5.73 Å². The number of nitrogens with zero attached hydrogens (tertiary/aromatic N) is 2. The van der Waals surface area contributed by atoms with E-state index in [2.05, 4.69) is 23.7 Å². The summed E-state index contributed by atoms with van der Waals surface area (Å²) >= 11 is 0. The minimum atomic E-state index is -0.138. The Hall–Kier alpha value is -1.13. The van der Waals surface area contributed by atoms with Gasteiger partial charge in [-0.25, -0.2) is 4.98 Å². The van der Waals surface area contributed by atoms with Crippen molar-refractivity contribution in [3.05, 3.63) is 23.9 Å². The Bertz CT molecular complexity index is 414. The van der Waals surface area contributed by atoms with Crippen molar-refractivity contribution >= 4 is 5.82 Å². The summed E-state index contributed by atoms with van der Waals surface area (Å²) in [5, 5.41) is 10.2. The third-order valence-corrected chi connectivity index (χ3v) is 4.21. The second-order valence-corrected chi connectivity index (χ2v) is 6.36. The fourth-order valence-electron chi connectivity index (χ4n) is 3.00. The molecule has 0 aromatic carbocycles. The Kier molecular flexibility index (Phi) is 5.38. The lowest BCUT2D eigenvalue weighted by Crippen LogP contribution is -2.37. The first kappa shape index (κ1) is 15.3. The monoisotopic (exact) mass is 277 g/mol. The van der Waals surface area contributed by atoms with Gasteiger partial charge in [0, 0.05) is 18.3 Å². The minimum Gasteiger partial charge on any atom is -0.393 e. The van der Waals surface area contributed by atoms with E-state index in [4.69, 9.17) is 5.73 Å². The van der Waals surface area contributed by atoms with Gasteiger partial charge in [-0.2, -0.15) is 0 Å². The quantitative estimate of drug-likeness (QED) is 0.867. The summed E-state index contributed by atoms with van der Waals surface area (Å²) in [6.07, 6.45) is 4.66. The Balaban J connectivity index is 1.81. The first-order valence-electron chi connectivity index (χ1n) is 7.66. The van der Waals surface area contributed by atoms with Crippen LogP contribution in [0.1, 0.15) is 38.7 Å². The van der Waals surface area contributed by atoms with Gasteiger partial charge in [0.05, 0.1) is 6.10 Å². The van der Waals surface area contributed by atoms with Crippen molar-refractivity contribution < 1.29 is 5.11 Å². The van der Waals surface area contributed by atoms with Crippen molar-refractivity contribution in [2.75, 3.05) is 18.8 Å². The maximum absolute atomic E-state index is 10.2. The highest BCUT2D eigenvalue weighted by atomic mass is 16.3. The summed E-state index contributed by atoms with van der Waals surface area (Å²) < 4.78 is 0. The maximum Gasteiger partial charge on any atom is 0.127 e. The topological polar surface area (TPSA) is 62.4 Å². The second-order valence-electron chi connectivity index (χ2n) is 6.36.